The van der Waals surface area contributed by atoms with Crippen LogP contribution in [0.15, 0.2) is 10.7 Å². The van der Waals surface area contributed by atoms with Gasteiger partial charge in [-0.15, -0.1) is 0 Å². The molecule has 0 unspecified atom stereocenters. The standard InChI is InChI=1S/C14H16BrF3N6O2/c1-5-24-10(13(26)22(2)3)7(6-19-24)20-12(25)9-8(15)11(14(16,17)18)23(4)21-9/h6H,5H2,1-4H3,(H,20,25). The molecule has 0 saturated carbocycles. The lowest BCUT2D eigenvalue weighted by molar-refractivity contribution is -0.144. The van der Waals surface area contributed by atoms with Crippen molar-refractivity contribution in [1.82, 2.24) is 24.5 Å². The number of nitrogens with zero attached hydrogens (tertiary/aromatic N) is 5. The smallest absolute Gasteiger partial charge is 0.343 e. The molecule has 1 N–H and O–H groups in total. The van der Waals surface area contributed by atoms with Gasteiger partial charge in [0, 0.05) is 27.7 Å². The van der Waals surface area contributed by atoms with E-state index in [2.05, 4.69) is 31.4 Å². The van der Waals surface area contributed by atoms with Crippen LogP contribution in [0.25, 0.3) is 0 Å². The highest BCUT2D eigenvalue weighted by Crippen LogP contribution is 2.36. The van der Waals surface area contributed by atoms with E-state index >= 15 is 0 Å². The maximum atomic E-state index is 13.0. The minimum Gasteiger partial charge on any atom is -0.343 e. The van der Waals surface area contributed by atoms with Crippen LogP contribution in [-0.2, 0) is 19.8 Å². The van der Waals surface area contributed by atoms with Gasteiger partial charge in [-0.1, -0.05) is 0 Å². The number of amides is 2. The minimum absolute atomic E-state index is 0.0849. The van der Waals surface area contributed by atoms with Crippen LogP contribution in [0.3, 0.4) is 0 Å². The predicted octanol–water partition coefficient (Wildman–Crippen LogP) is 2.37. The van der Waals surface area contributed by atoms with Crippen LogP contribution in [0, 0.1) is 0 Å². The molecule has 2 aromatic heterocycles. The van der Waals surface area contributed by atoms with Crippen LogP contribution >= 0.6 is 15.9 Å². The summed E-state index contributed by atoms with van der Waals surface area (Å²) in [5.41, 5.74) is -1.33. The van der Waals surface area contributed by atoms with E-state index in [0.717, 1.165) is 7.05 Å². The molecule has 142 valence electrons. The monoisotopic (exact) mass is 436 g/mol. The van der Waals surface area contributed by atoms with Crippen molar-refractivity contribution in [1.29, 1.82) is 0 Å². The van der Waals surface area contributed by atoms with Crippen molar-refractivity contribution < 1.29 is 22.8 Å². The molecule has 0 atom stereocenters. The lowest BCUT2D eigenvalue weighted by Crippen LogP contribution is -2.26. The molecule has 0 bridgehead atoms. The molecule has 0 saturated heterocycles. The van der Waals surface area contributed by atoms with E-state index in [-0.39, 0.29) is 11.4 Å². The number of carbonyl (C=O) groups is 2. The van der Waals surface area contributed by atoms with Crippen LogP contribution < -0.4 is 5.32 Å². The highest BCUT2D eigenvalue weighted by Gasteiger charge is 2.39. The number of halogens is 4. The van der Waals surface area contributed by atoms with Gasteiger partial charge in [0.05, 0.1) is 16.4 Å². The maximum absolute atomic E-state index is 13.0. The molecule has 0 spiro atoms. The Morgan fingerprint density at radius 3 is 2.42 bits per heavy atom. The number of hydrogen-bond acceptors (Lipinski definition) is 4. The summed E-state index contributed by atoms with van der Waals surface area (Å²) in [6, 6.07) is 0. The molecule has 0 aliphatic carbocycles. The first kappa shape index (κ1) is 19.9. The molecule has 2 amide bonds. The first-order valence-electron chi connectivity index (χ1n) is 7.37. The van der Waals surface area contributed by atoms with Gasteiger partial charge in [0.2, 0.25) is 0 Å². The van der Waals surface area contributed by atoms with E-state index < -0.39 is 33.9 Å². The number of carbonyl (C=O) groups excluding carboxylic acids is 2. The van der Waals surface area contributed by atoms with Crippen molar-refractivity contribution in [2.45, 2.75) is 19.6 Å². The summed E-state index contributed by atoms with van der Waals surface area (Å²) in [6.07, 6.45) is -3.42. The zero-order chi connectivity index (χ0) is 19.8. The lowest BCUT2D eigenvalue weighted by atomic mass is 10.3. The van der Waals surface area contributed by atoms with Crippen LogP contribution in [0.4, 0.5) is 18.9 Å². The van der Waals surface area contributed by atoms with E-state index in [1.807, 2.05) is 0 Å². The molecular weight excluding hydrogens is 421 g/mol. The fourth-order valence-electron chi connectivity index (χ4n) is 2.29. The van der Waals surface area contributed by atoms with Gasteiger partial charge in [-0.2, -0.15) is 23.4 Å². The summed E-state index contributed by atoms with van der Waals surface area (Å²) < 4.78 is 40.6. The third-order valence-corrected chi connectivity index (χ3v) is 4.22. The van der Waals surface area contributed by atoms with Gasteiger partial charge in [0.15, 0.2) is 11.4 Å². The third kappa shape index (κ3) is 3.59. The first-order valence-corrected chi connectivity index (χ1v) is 8.16. The summed E-state index contributed by atoms with van der Waals surface area (Å²) in [5, 5.41) is 10.0. The van der Waals surface area contributed by atoms with Crippen molar-refractivity contribution >= 4 is 33.4 Å². The van der Waals surface area contributed by atoms with E-state index in [4.69, 9.17) is 0 Å². The Morgan fingerprint density at radius 2 is 1.96 bits per heavy atom. The van der Waals surface area contributed by atoms with Crippen molar-refractivity contribution in [3.8, 4) is 0 Å². The number of aromatic nitrogens is 4. The Morgan fingerprint density at radius 1 is 1.35 bits per heavy atom. The summed E-state index contributed by atoms with van der Waals surface area (Å²) in [5.74, 6) is -1.30. The average Bonchev–Trinajstić information content (AvgIpc) is 3.06. The molecule has 0 aliphatic heterocycles. The Labute approximate surface area is 155 Å². The largest absolute Gasteiger partial charge is 0.434 e. The van der Waals surface area contributed by atoms with Crippen LogP contribution in [-0.4, -0.2) is 50.4 Å². The number of anilines is 1. The zero-order valence-electron chi connectivity index (χ0n) is 14.3. The normalized spacial score (nSPS) is 11.5. The fraction of sp³-hybridized carbons (Fsp3) is 0.429. The van der Waals surface area contributed by atoms with Gasteiger partial charge >= 0.3 is 6.18 Å². The molecule has 0 radical (unpaired) electrons. The molecular formula is C14H16BrF3N6O2. The van der Waals surface area contributed by atoms with Crippen molar-refractivity contribution in [2.75, 3.05) is 19.4 Å². The van der Waals surface area contributed by atoms with Crippen molar-refractivity contribution in [2.24, 2.45) is 7.05 Å². The maximum Gasteiger partial charge on any atom is 0.434 e. The number of nitrogens with one attached hydrogen (secondary N) is 1. The number of hydrogen-bond donors (Lipinski definition) is 1. The molecule has 8 nitrogen and oxygen atoms in total. The quantitative estimate of drug-likeness (QED) is 0.796. The number of rotatable bonds is 4. The molecule has 26 heavy (non-hydrogen) atoms. The van der Waals surface area contributed by atoms with Gasteiger partial charge in [-0.05, 0) is 22.9 Å². The second kappa shape index (κ2) is 7.09. The summed E-state index contributed by atoms with van der Waals surface area (Å²) in [4.78, 5) is 26.0. The Hall–Kier alpha value is -2.37. The van der Waals surface area contributed by atoms with Gasteiger partial charge in [-0.25, -0.2) is 0 Å². The van der Waals surface area contributed by atoms with Gasteiger partial charge < -0.3 is 10.2 Å². The summed E-state index contributed by atoms with van der Waals surface area (Å²) >= 11 is 2.78. The SMILES string of the molecule is CCn1ncc(NC(=O)c2nn(C)c(C(F)(F)F)c2Br)c1C(=O)N(C)C. The van der Waals surface area contributed by atoms with Crippen LogP contribution in [0.2, 0.25) is 0 Å². The topological polar surface area (TPSA) is 85.0 Å². The highest BCUT2D eigenvalue weighted by molar-refractivity contribution is 9.10. The minimum atomic E-state index is -4.68. The molecule has 0 fully saturated rings. The fourth-order valence-corrected chi connectivity index (χ4v) is 3.03. The molecule has 0 aromatic carbocycles. The number of aryl methyl sites for hydroxylation is 2. The first-order chi connectivity index (χ1) is 12.0. The van der Waals surface area contributed by atoms with E-state index in [1.54, 1.807) is 6.92 Å². The molecule has 12 heteroatoms. The van der Waals surface area contributed by atoms with Gasteiger partial charge in [-0.3, -0.25) is 19.0 Å². The molecule has 0 aliphatic rings. The van der Waals surface area contributed by atoms with Crippen molar-refractivity contribution in [3.05, 3.63) is 27.8 Å². The third-order valence-electron chi connectivity index (χ3n) is 3.47. The van der Waals surface area contributed by atoms with E-state index in [9.17, 15) is 22.8 Å². The highest BCUT2D eigenvalue weighted by atomic mass is 79.9. The Balaban J connectivity index is 2.41. The Bertz CT molecular complexity index is 856. The average molecular weight is 437 g/mol. The second-order valence-electron chi connectivity index (χ2n) is 5.51. The number of alkyl halides is 3. The van der Waals surface area contributed by atoms with Gasteiger partial charge in [0.1, 0.15) is 5.69 Å². The van der Waals surface area contributed by atoms with Crippen molar-refractivity contribution in [3.63, 3.8) is 0 Å². The lowest BCUT2D eigenvalue weighted by Gasteiger charge is -2.13. The Kier molecular flexibility index (Phi) is 5.44. The molecule has 2 heterocycles. The summed E-state index contributed by atoms with van der Waals surface area (Å²) in [6.45, 7) is 2.13. The molecule has 2 rings (SSSR count). The van der Waals surface area contributed by atoms with E-state index in [1.165, 1.54) is 29.9 Å². The molecule has 2 aromatic rings. The van der Waals surface area contributed by atoms with Crippen LogP contribution in [0.5, 0.6) is 0 Å². The van der Waals surface area contributed by atoms with Gasteiger partial charge in [0.25, 0.3) is 11.8 Å². The zero-order valence-corrected chi connectivity index (χ0v) is 15.9. The second-order valence-corrected chi connectivity index (χ2v) is 6.30. The summed E-state index contributed by atoms with van der Waals surface area (Å²) in [7, 11) is 4.15. The predicted molar refractivity (Wildman–Crippen MR) is 89.8 cm³/mol. The van der Waals surface area contributed by atoms with Crippen LogP contribution in [0.1, 0.15) is 33.6 Å². The van der Waals surface area contributed by atoms with E-state index in [0.29, 0.717) is 11.2 Å².